The normalized spacial score (nSPS) is 10.5. The Hall–Kier alpha value is -1.66. The molecule has 96 valence electrons. The SMILES string of the molecule is NCCCCNC(=O)c1csc(-c2ccoc2)n1. The first kappa shape index (κ1) is 12.8. The molecule has 0 unspecified atom stereocenters. The second-order valence-corrected chi connectivity index (χ2v) is 4.66. The molecule has 5 nitrogen and oxygen atoms in total. The summed E-state index contributed by atoms with van der Waals surface area (Å²) in [5.41, 5.74) is 6.72. The van der Waals surface area contributed by atoms with E-state index in [-0.39, 0.29) is 5.91 Å². The van der Waals surface area contributed by atoms with Gasteiger partial charge in [-0.2, -0.15) is 0 Å². The maximum absolute atomic E-state index is 11.8. The van der Waals surface area contributed by atoms with Crippen LogP contribution in [0.4, 0.5) is 0 Å². The number of aromatic nitrogens is 1. The Morgan fingerprint density at radius 2 is 2.39 bits per heavy atom. The van der Waals surface area contributed by atoms with Crippen molar-refractivity contribution in [3.63, 3.8) is 0 Å². The van der Waals surface area contributed by atoms with Crippen molar-refractivity contribution in [2.45, 2.75) is 12.8 Å². The highest BCUT2D eigenvalue weighted by Gasteiger charge is 2.11. The Bertz CT molecular complexity index is 493. The van der Waals surface area contributed by atoms with Crippen LogP contribution in [-0.4, -0.2) is 24.0 Å². The van der Waals surface area contributed by atoms with Gasteiger partial charge in [-0.15, -0.1) is 11.3 Å². The van der Waals surface area contributed by atoms with Crippen molar-refractivity contribution in [1.29, 1.82) is 0 Å². The van der Waals surface area contributed by atoms with Crippen molar-refractivity contribution in [3.05, 3.63) is 29.7 Å². The van der Waals surface area contributed by atoms with Crippen LogP contribution in [0.25, 0.3) is 10.6 Å². The Morgan fingerprint density at radius 3 is 3.11 bits per heavy atom. The van der Waals surface area contributed by atoms with Gasteiger partial charge in [0.05, 0.1) is 6.26 Å². The lowest BCUT2D eigenvalue weighted by Crippen LogP contribution is -2.25. The molecular formula is C12H15N3O2S. The molecule has 0 spiro atoms. The minimum absolute atomic E-state index is 0.141. The van der Waals surface area contributed by atoms with Crippen LogP contribution in [-0.2, 0) is 0 Å². The summed E-state index contributed by atoms with van der Waals surface area (Å²) in [4.78, 5) is 16.0. The molecule has 0 saturated carbocycles. The summed E-state index contributed by atoms with van der Waals surface area (Å²) in [5.74, 6) is -0.141. The molecule has 0 saturated heterocycles. The Balaban J connectivity index is 1.91. The number of nitrogens with zero attached hydrogens (tertiary/aromatic N) is 1. The summed E-state index contributed by atoms with van der Waals surface area (Å²) in [6.45, 7) is 1.28. The first-order valence-electron chi connectivity index (χ1n) is 5.77. The maximum Gasteiger partial charge on any atom is 0.270 e. The van der Waals surface area contributed by atoms with Crippen LogP contribution in [0, 0.1) is 0 Å². The smallest absolute Gasteiger partial charge is 0.270 e. The average Bonchev–Trinajstić information content (AvgIpc) is 3.03. The Morgan fingerprint density at radius 1 is 1.50 bits per heavy atom. The van der Waals surface area contributed by atoms with E-state index in [0.29, 0.717) is 18.8 Å². The molecule has 2 rings (SSSR count). The molecule has 0 bridgehead atoms. The lowest BCUT2D eigenvalue weighted by Gasteiger charge is -2.01. The predicted molar refractivity (Wildman–Crippen MR) is 70.4 cm³/mol. The van der Waals surface area contributed by atoms with E-state index in [1.807, 2.05) is 6.07 Å². The van der Waals surface area contributed by atoms with E-state index in [4.69, 9.17) is 10.2 Å². The number of amides is 1. The second kappa shape index (κ2) is 6.32. The van der Waals surface area contributed by atoms with Crippen molar-refractivity contribution < 1.29 is 9.21 Å². The van der Waals surface area contributed by atoms with E-state index >= 15 is 0 Å². The lowest BCUT2D eigenvalue weighted by atomic mass is 10.3. The quantitative estimate of drug-likeness (QED) is 0.781. The van der Waals surface area contributed by atoms with Crippen LogP contribution in [0.3, 0.4) is 0 Å². The minimum Gasteiger partial charge on any atom is -0.472 e. The zero-order valence-electron chi connectivity index (χ0n) is 9.89. The molecule has 6 heteroatoms. The van der Waals surface area contributed by atoms with Crippen LogP contribution < -0.4 is 11.1 Å². The number of rotatable bonds is 6. The van der Waals surface area contributed by atoms with E-state index in [1.54, 1.807) is 17.9 Å². The van der Waals surface area contributed by atoms with E-state index in [1.165, 1.54) is 11.3 Å². The van der Waals surface area contributed by atoms with Gasteiger partial charge in [0.15, 0.2) is 0 Å². The van der Waals surface area contributed by atoms with Gasteiger partial charge in [-0.1, -0.05) is 0 Å². The van der Waals surface area contributed by atoms with Gasteiger partial charge in [0.2, 0.25) is 0 Å². The number of nitrogens with two attached hydrogens (primary N) is 1. The molecule has 2 aromatic heterocycles. The number of thiazole rings is 1. The molecule has 0 atom stereocenters. The number of nitrogens with one attached hydrogen (secondary N) is 1. The third kappa shape index (κ3) is 3.18. The molecule has 2 heterocycles. The number of furan rings is 1. The fourth-order valence-corrected chi connectivity index (χ4v) is 2.24. The molecule has 0 aliphatic rings. The molecule has 3 N–H and O–H groups in total. The summed E-state index contributed by atoms with van der Waals surface area (Å²) in [6.07, 6.45) is 5.00. The molecule has 0 aliphatic heterocycles. The zero-order valence-corrected chi connectivity index (χ0v) is 10.7. The van der Waals surface area contributed by atoms with E-state index in [9.17, 15) is 4.79 Å². The molecule has 0 aliphatic carbocycles. The monoisotopic (exact) mass is 265 g/mol. The highest BCUT2D eigenvalue weighted by molar-refractivity contribution is 7.13. The summed E-state index contributed by atoms with van der Waals surface area (Å²) in [5, 5.41) is 5.36. The van der Waals surface area contributed by atoms with E-state index in [2.05, 4.69) is 10.3 Å². The molecule has 1 amide bonds. The zero-order chi connectivity index (χ0) is 12.8. The van der Waals surface area contributed by atoms with Crippen molar-refractivity contribution in [3.8, 4) is 10.6 Å². The number of unbranched alkanes of at least 4 members (excludes halogenated alkanes) is 1. The molecule has 0 aromatic carbocycles. The topological polar surface area (TPSA) is 81.1 Å². The highest BCUT2D eigenvalue weighted by Crippen LogP contribution is 2.23. The number of carbonyl (C=O) groups is 1. The highest BCUT2D eigenvalue weighted by atomic mass is 32.1. The maximum atomic E-state index is 11.8. The van der Waals surface area contributed by atoms with Gasteiger partial charge >= 0.3 is 0 Å². The summed E-state index contributed by atoms with van der Waals surface area (Å²) < 4.78 is 4.98. The first-order valence-corrected chi connectivity index (χ1v) is 6.65. The third-order valence-corrected chi connectivity index (χ3v) is 3.31. The van der Waals surface area contributed by atoms with Gasteiger partial charge < -0.3 is 15.5 Å². The minimum atomic E-state index is -0.141. The van der Waals surface area contributed by atoms with Gasteiger partial charge in [-0.05, 0) is 25.5 Å². The van der Waals surface area contributed by atoms with Crippen LogP contribution >= 0.6 is 11.3 Å². The Kier molecular flexibility index (Phi) is 4.49. The average molecular weight is 265 g/mol. The third-order valence-electron chi connectivity index (χ3n) is 2.42. The largest absolute Gasteiger partial charge is 0.472 e. The van der Waals surface area contributed by atoms with Gasteiger partial charge in [0.25, 0.3) is 5.91 Å². The fourth-order valence-electron chi connectivity index (χ4n) is 1.46. The fraction of sp³-hybridized carbons (Fsp3) is 0.333. The molecule has 18 heavy (non-hydrogen) atoms. The molecule has 2 aromatic rings. The predicted octanol–water partition coefficient (Wildman–Crippen LogP) is 1.87. The number of hydrogen-bond donors (Lipinski definition) is 2. The Labute approximate surface area is 109 Å². The first-order chi connectivity index (χ1) is 8.81. The van der Waals surface area contributed by atoms with Crippen LogP contribution in [0.2, 0.25) is 0 Å². The van der Waals surface area contributed by atoms with Crippen molar-refractivity contribution >= 4 is 17.2 Å². The van der Waals surface area contributed by atoms with Crippen molar-refractivity contribution in [2.75, 3.05) is 13.1 Å². The standard InChI is InChI=1S/C12H15N3O2S/c13-4-1-2-5-14-11(16)10-8-18-12(15-10)9-3-6-17-7-9/h3,6-8H,1-2,4-5,13H2,(H,14,16). The van der Waals surface area contributed by atoms with Crippen LogP contribution in [0.15, 0.2) is 28.4 Å². The molecule has 0 fully saturated rings. The van der Waals surface area contributed by atoms with E-state index in [0.717, 1.165) is 23.4 Å². The lowest BCUT2D eigenvalue weighted by molar-refractivity contribution is 0.0949. The summed E-state index contributed by atoms with van der Waals surface area (Å²) >= 11 is 1.43. The van der Waals surface area contributed by atoms with Crippen LogP contribution in [0.1, 0.15) is 23.3 Å². The van der Waals surface area contributed by atoms with Gasteiger partial charge in [0, 0.05) is 17.5 Å². The van der Waals surface area contributed by atoms with Crippen LogP contribution in [0.5, 0.6) is 0 Å². The van der Waals surface area contributed by atoms with Gasteiger partial charge in [-0.3, -0.25) is 4.79 Å². The van der Waals surface area contributed by atoms with Gasteiger partial charge in [-0.25, -0.2) is 4.98 Å². The summed E-state index contributed by atoms with van der Waals surface area (Å²) in [6, 6.07) is 1.82. The van der Waals surface area contributed by atoms with Crippen molar-refractivity contribution in [2.24, 2.45) is 5.73 Å². The molecule has 0 radical (unpaired) electrons. The van der Waals surface area contributed by atoms with Crippen molar-refractivity contribution in [1.82, 2.24) is 10.3 Å². The molecular weight excluding hydrogens is 250 g/mol. The van der Waals surface area contributed by atoms with E-state index < -0.39 is 0 Å². The number of hydrogen-bond acceptors (Lipinski definition) is 5. The second-order valence-electron chi connectivity index (χ2n) is 3.80. The number of carbonyl (C=O) groups excluding carboxylic acids is 1. The van der Waals surface area contributed by atoms with Gasteiger partial charge in [0.1, 0.15) is 17.0 Å². The summed E-state index contributed by atoms with van der Waals surface area (Å²) in [7, 11) is 0.